The van der Waals surface area contributed by atoms with Crippen LogP contribution in [-0.4, -0.2) is 35.9 Å². The first-order valence-electron chi connectivity index (χ1n) is 7.51. The molecule has 5 nitrogen and oxygen atoms in total. The molecule has 2 atom stereocenters. The van der Waals surface area contributed by atoms with Gasteiger partial charge >= 0.3 is 11.9 Å². The number of rotatable bonds is 7. The lowest BCUT2D eigenvalue weighted by Gasteiger charge is -2.39. The summed E-state index contributed by atoms with van der Waals surface area (Å²) in [5.41, 5.74) is -1.75. The van der Waals surface area contributed by atoms with Crippen molar-refractivity contribution in [1.82, 2.24) is 0 Å². The van der Waals surface area contributed by atoms with Crippen molar-refractivity contribution < 1.29 is 24.2 Å². The van der Waals surface area contributed by atoms with E-state index < -0.39 is 23.0 Å². The van der Waals surface area contributed by atoms with E-state index in [1.807, 2.05) is 0 Å². The highest BCUT2D eigenvalue weighted by Crippen LogP contribution is 2.52. The molecule has 5 heteroatoms. The van der Waals surface area contributed by atoms with E-state index in [0.717, 1.165) is 5.57 Å². The first-order valence-corrected chi connectivity index (χ1v) is 7.51. The van der Waals surface area contributed by atoms with E-state index in [1.165, 1.54) is 0 Å². The van der Waals surface area contributed by atoms with Crippen LogP contribution in [0.5, 0.6) is 0 Å². The molecule has 0 aliphatic heterocycles. The molecule has 0 unspecified atom stereocenters. The third kappa shape index (κ3) is 3.64. The fourth-order valence-electron chi connectivity index (χ4n) is 3.26. The molecule has 1 aliphatic rings. The van der Waals surface area contributed by atoms with Crippen LogP contribution in [0.4, 0.5) is 0 Å². The second kappa shape index (κ2) is 7.07. The predicted octanol–water partition coefficient (Wildman–Crippen LogP) is 2.37. The number of ether oxygens (including phenoxy) is 2. The summed E-state index contributed by atoms with van der Waals surface area (Å²) in [5.74, 6) is -0.994. The molecular weight excluding hydrogens is 272 g/mol. The molecule has 0 aromatic carbocycles. The monoisotopic (exact) mass is 298 g/mol. The zero-order chi connectivity index (χ0) is 16.1. The molecule has 0 amide bonds. The van der Waals surface area contributed by atoms with Crippen LogP contribution in [0.15, 0.2) is 12.2 Å². The van der Waals surface area contributed by atoms with E-state index in [4.69, 9.17) is 9.47 Å². The third-order valence-electron chi connectivity index (χ3n) is 4.10. The van der Waals surface area contributed by atoms with Crippen molar-refractivity contribution in [3.8, 4) is 0 Å². The fraction of sp³-hybridized carbons (Fsp3) is 0.750. The van der Waals surface area contributed by atoms with Crippen LogP contribution in [0, 0.1) is 5.41 Å². The van der Waals surface area contributed by atoms with Gasteiger partial charge in [-0.25, -0.2) is 0 Å². The van der Waals surface area contributed by atoms with E-state index in [-0.39, 0.29) is 26.1 Å². The van der Waals surface area contributed by atoms with Crippen LogP contribution in [0.3, 0.4) is 0 Å². The first kappa shape index (κ1) is 17.7. The van der Waals surface area contributed by atoms with Crippen LogP contribution in [-0.2, 0) is 19.1 Å². The molecule has 0 radical (unpaired) electrons. The first-order chi connectivity index (χ1) is 9.81. The predicted molar refractivity (Wildman–Crippen MR) is 78.5 cm³/mol. The molecule has 1 rings (SSSR count). The SMILES string of the molecule is C=C(C)C[C@@]1(O)CCC[C@@]1(CC(=O)OCC)C(=O)OCC. The van der Waals surface area contributed by atoms with Gasteiger partial charge in [0.2, 0.25) is 0 Å². The van der Waals surface area contributed by atoms with Crippen molar-refractivity contribution in [3.05, 3.63) is 12.2 Å². The van der Waals surface area contributed by atoms with Crippen LogP contribution in [0.2, 0.25) is 0 Å². The van der Waals surface area contributed by atoms with Crippen molar-refractivity contribution in [2.45, 2.75) is 58.5 Å². The molecule has 0 aromatic rings. The molecule has 0 bridgehead atoms. The Kier molecular flexibility index (Phi) is 5.96. The molecule has 1 N–H and O–H groups in total. The lowest BCUT2D eigenvalue weighted by molar-refractivity contribution is -0.178. The molecule has 1 saturated carbocycles. The Morgan fingerprint density at radius 2 is 1.76 bits per heavy atom. The second-order valence-corrected chi connectivity index (χ2v) is 5.80. The molecule has 21 heavy (non-hydrogen) atoms. The Morgan fingerprint density at radius 1 is 1.14 bits per heavy atom. The van der Waals surface area contributed by atoms with E-state index in [9.17, 15) is 14.7 Å². The van der Waals surface area contributed by atoms with Gasteiger partial charge in [-0.1, -0.05) is 5.57 Å². The lowest BCUT2D eigenvalue weighted by Crippen LogP contribution is -2.51. The highest BCUT2D eigenvalue weighted by Gasteiger charge is 2.60. The Hall–Kier alpha value is -1.36. The summed E-state index contributed by atoms with van der Waals surface area (Å²) in [6.07, 6.45) is 1.68. The quantitative estimate of drug-likeness (QED) is 0.577. The normalized spacial score (nSPS) is 28.2. The summed E-state index contributed by atoms with van der Waals surface area (Å²) < 4.78 is 10.1. The number of aliphatic hydroxyl groups is 1. The van der Waals surface area contributed by atoms with Crippen LogP contribution < -0.4 is 0 Å². The summed E-state index contributed by atoms with van der Waals surface area (Å²) in [5, 5.41) is 11.0. The van der Waals surface area contributed by atoms with Gasteiger partial charge in [-0.05, 0) is 46.5 Å². The van der Waals surface area contributed by atoms with E-state index in [2.05, 4.69) is 6.58 Å². The smallest absolute Gasteiger partial charge is 0.315 e. The zero-order valence-corrected chi connectivity index (χ0v) is 13.2. The fourth-order valence-corrected chi connectivity index (χ4v) is 3.26. The molecule has 120 valence electrons. The van der Waals surface area contributed by atoms with E-state index in [0.29, 0.717) is 19.3 Å². The molecule has 0 spiro atoms. The van der Waals surface area contributed by atoms with Gasteiger partial charge in [0.15, 0.2) is 0 Å². The average molecular weight is 298 g/mol. The van der Waals surface area contributed by atoms with Gasteiger partial charge in [0.25, 0.3) is 0 Å². The van der Waals surface area contributed by atoms with Crippen molar-refractivity contribution in [3.63, 3.8) is 0 Å². The Bertz CT molecular complexity index is 417. The maximum Gasteiger partial charge on any atom is 0.315 e. The van der Waals surface area contributed by atoms with E-state index >= 15 is 0 Å². The Morgan fingerprint density at radius 3 is 2.29 bits per heavy atom. The highest BCUT2D eigenvalue weighted by molar-refractivity contribution is 5.85. The zero-order valence-electron chi connectivity index (χ0n) is 13.2. The standard InChI is InChI=1S/C16H26O5/c1-5-20-13(17)11-15(14(18)21-6-2)8-7-9-16(15,19)10-12(3)4/h19H,3,5-11H2,1-2,4H3/t15-,16+/m1/s1. The highest BCUT2D eigenvalue weighted by atomic mass is 16.5. The average Bonchev–Trinajstić information content (AvgIpc) is 2.67. The number of carbonyl (C=O) groups excluding carboxylic acids is 2. The molecule has 0 aromatic heterocycles. The van der Waals surface area contributed by atoms with Gasteiger partial charge in [0.05, 0.1) is 25.2 Å². The number of esters is 2. The Labute approximate surface area is 126 Å². The van der Waals surface area contributed by atoms with Crippen molar-refractivity contribution in [2.24, 2.45) is 5.41 Å². The van der Waals surface area contributed by atoms with Gasteiger partial charge in [-0.15, -0.1) is 6.58 Å². The molecule has 1 fully saturated rings. The van der Waals surface area contributed by atoms with Gasteiger partial charge in [0.1, 0.15) is 5.41 Å². The maximum absolute atomic E-state index is 12.5. The number of carbonyl (C=O) groups is 2. The van der Waals surface area contributed by atoms with Crippen molar-refractivity contribution in [2.75, 3.05) is 13.2 Å². The molecule has 1 aliphatic carbocycles. The summed E-state index contributed by atoms with van der Waals surface area (Å²) in [6.45, 7) is 9.51. The van der Waals surface area contributed by atoms with Gasteiger partial charge in [0, 0.05) is 0 Å². The minimum atomic E-state index is -1.29. The minimum Gasteiger partial charge on any atom is -0.466 e. The summed E-state index contributed by atoms with van der Waals surface area (Å²) in [6, 6.07) is 0. The molecule has 0 heterocycles. The number of hydrogen-bond acceptors (Lipinski definition) is 5. The topological polar surface area (TPSA) is 72.8 Å². The van der Waals surface area contributed by atoms with Crippen LogP contribution in [0.1, 0.15) is 52.9 Å². The van der Waals surface area contributed by atoms with Crippen molar-refractivity contribution in [1.29, 1.82) is 0 Å². The van der Waals surface area contributed by atoms with Gasteiger partial charge in [-0.3, -0.25) is 9.59 Å². The molecular formula is C16H26O5. The summed E-state index contributed by atoms with van der Waals surface area (Å²) in [4.78, 5) is 24.4. The summed E-state index contributed by atoms with van der Waals surface area (Å²) in [7, 11) is 0. The third-order valence-corrected chi connectivity index (χ3v) is 4.10. The Balaban J connectivity index is 3.13. The lowest BCUT2D eigenvalue weighted by atomic mass is 9.69. The van der Waals surface area contributed by atoms with Gasteiger partial charge in [-0.2, -0.15) is 0 Å². The second-order valence-electron chi connectivity index (χ2n) is 5.80. The van der Waals surface area contributed by atoms with Crippen LogP contribution in [0.25, 0.3) is 0 Å². The minimum absolute atomic E-state index is 0.149. The van der Waals surface area contributed by atoms with Crippen molar-refractivity contribution >= 4 is 11.9 Å². The molecule has 0 saturated heterocycles. The largest absolute Gasteiger partial charge is 0.466 e. The van der Waals surface area contributed by atoms with Crippen LogP contribution >= 0.6 is 0 Å². The van der Waals surface area contributed by atoms with Gasteiger partial charge < -0.3 is 14.6 Å². The maximum atomic E-state index is 12.5. The summed E-state index contributed by atoms with van der Waals surface area (Å²) >= 11 is 0. The number of hydrogen-bond donors (Lipinski definition) is 1. The van der Waals surface area contributed by atoms with E-state index in [1.54, 1.807) is 20.8 Å².